The molecule has 1 heterocycles. The SMILES string of the molecule is CCCN(CCCN)C(=O)c1cn(C)nc1CC. The molecule has 1 aromatic rings. The Morgan fingerprint density at radius 1 is 1.44 bits per heavy atom. The second-order valence-electron chi connectivity index (χ2n) is 4.45. The van der Waals surface area contributed by atoms with Gasteiger partial charge in [0.1, 0.15) is 0 Å². The van der Waals surface area contributed by atoms with Crippen molar-refractivity contribution in [3.8, 4) is 0 Å². The number of rotatable bonds is 7. The first kappa shape index (κ1) is 14.7. The van der Waals surface area contributed by atoms with Crippen molar-refractivity contribution >= 4 is 5.91 Å². The fourth-order valence-electron chi connectivity index (χ4n) is 2.01. The molecule has 0 aliphatic carbocycles. The molecule has 0 saturated heterocycles. The lowest BCUT2D eigenvalue weighted by atomic mass is 10.1. The standard InChI is InChI=1S/C13H24N4O/c1-4-8-17(9-6-7-14)13(18)11-10-16(3)15-12(11)5-2/h10H,4-9,14H2,1-3H3. The highest BCUT2D eigenvalue weighted by molar-refractivity contribution is 5.95. The van der Waals surface area contributed by atoms with Crippen LogP contribution >= 0.6 is 0 Å². The van der Waals surface area contributed by atoms with E-state index in [1.54, 1.807) is 4.68 Å². The van der Waals surface area contributed by atoms with Gasteiger partial charge < -0.3 is 10.6 Å². The Morgan fingerprint density at radius 3 is 2.72 bits per heavy atom. The third-order valence-corrected chi connectivity index (χ3v) is 2.88. The number of carbonyl (C=O) groups excluding carboxylic acids is 1. The summed E-state index contributed by atoms with van der Waals surface area (Å²) in [5, 5.41) is 4.32. The van der Waals surface area contributed by atoms with Crippen molar-refractivity contribution in [2.24, 2.45) is 12.8 Å². The van der Waals surface area contributed by atoms with Crippen molar-refractivity contribution < 1.29 is 4.79 Å². The summed E-state index contributed by atoms with van der Waals surface area (Å²) in [6.07, 6.45) is 4.39. The number of aromatic nitrogens is 2. The molecular weight excluding hydrogens is 228 g/mol. The molecule has 0 unspecified atom stereocenters. The molecule has 0 aliphatic rings. The lowest BCUT2D eigenvalue weighted by Gasteiger charge is -2.21. The van der Waals surface area contributed by atoms with E-state index in [0.29, 0.717) is 6.54 Å². The van der Waals surface area contributed by atoms with Crippen LogP contribution in [0.5, 0.6) is 0 Å². The van der Waals surface area contributed by atoms with Crippen molar-refractivity contribution in [3.05, 3.63) is 17.5 Å². The van der Waals surface area contributed by atoms with Gasteiger partial charge in [-0.2, -0.15) is 5.10 Å². The average molecular weight is 252 g/mol. The van der Waals surface area contributed by atoms with Crippen molar-refractivity contribution in [2.45, 2.75) is 33.1 Å². The van der Waals surface area contributed by atoms with Crippen LogP contribution in [-0.2, 0) is 13.5 Å². The minimum atomic E-state index is 0.0789. The summed E-state index contributed by atoms with van der Waals surface area (Å²) in [4.78, 5) is 14.3. The van der Waals surface area contributed by atoms with Crippen LogP contribution in [0.25, 0.3) is 0 Å². The van der Waals surface area contributed by atoms with Gasteiger partial charge in [0, 0.05) is 26.3 Å². The van der Waals surface area contributed by atoms with Gasteiger partial charge in [0.05, 0.1) is 11.3 Å². The van der Waals surface area contributed by atoms with E-state index in [1.807, 2.05) is 25.1 Å². The number of hydrogen-bond acceptors (Lipinski definition) is 3. The maximum Gasteiger partial charge on any atom is 0.257 e. The Kier molecular flexibility index (Phi) is 5.85. The molecule has 5 nitrogen and oxygen atoms in total. The van der Waals surface area contributed by atoms with Crippen molar-refractivity contribution in [1.82, 2.24) is 14.7 Å². The predicted octanol–water partition coefficient (Wildman–Crippen LogP) is 1.18. The molecule has 0 aromatic carbocycles. The third-order valence-electron chi connectivity index (χ3n) is 2.88. The molecule has 0 bridgehead atoms. The summed E-state index contributed by atoms with van der Waals surface area (Å²) in [5.74, 6) is 0.0789. The minimum Gasteiger partial charge on any atom is -0.339 e. The predicted molar refractivity (Wildman–Crippen MR) is 72.5 cm³/mol. The smallest absolute Gasteiger partial charge is 0.257 e. The first-order chi connectivity index (χ1) is 8.63. The normalized spacial score (nSPS) is 10.7. The number of aryl methyl sites for hydroxylation is 2. The van der Waals surface area contributed by atoms with Crippen molar-refractivity contribution in [1.29, 1.82) is 0 Å². The monoisotopic (exact) mass is 252 g/mol. The summed E-state index contributed by atoms with van der Waals surface area (Å²) in [7, 11) is 1.85. The number of hydrogen-bond donors (Lipinski definition) is 1. The maximum absolute atomic E-state index is 12.5. The van der Waals surface area contributed by atoms with Crippen LogP contribution in [0.15, 0.2) is 6.20 Å². The molecule has 0 fully saturated rings. The van der Waals surface area contributed by atoms with Crippen LogP contribution in [0.2, 0.25) is 0 Å². The van der Waals surface area contributed by atoms with Gasteiger partial charge in [-0.05, 0) is 25.8 Å². The van der Waals surface area contributed by atoms with Crippen LogP contribution in [0.4, 0.5) is 0 Å². The molecule has 0 saturated carbocycles. The fraction of sp³-hybridized carbons (Fsp3) is 0.692. The minimum absolute atomic E-state index is 0.0789. The summed E-state index contributed by atoms with van der Waals surface area (Å²) in [6, 6.07) is 0. The first-order valence-electron chi connectivity index (χ1n) is 6.65. The number of nitrogens with two attached hydrogens (primary N) is 1. The summed E-state index contributed by atoms with van der Waals surface area (Å²) in [5.41, 5.74) is 7.12. The number of amides is 1. The molecule has 1 aromatic heterocycles. The summed E-state index contributed by atoms with van der Waals surface area (Å²) < 4.78 is 1.71. The largest absolute Gasteiger partial charge is 0.339 e. The second-order valence-corrected chi connectivity index (χ2v) is 4.45. The van der Waals surface area contributed by atoms with Gasteiger partial charge >= 0.3 is 0 Å². The average Bonchev–Trinajstić information content (AvgIpc) is 2.75. The molecule has 0 aliphatic heterocycles. The highest BCUT2D eigenvalue weighted by Crippen LogP contribution is 2.11. The lowest BCUT2D eigenvalue weighted by Crippen LogP contribution is -2.34. The molecule has 1 rings (SSSR count). The molecule has 18 heavy (non-hydrogen) atoms. The molecule has 1 amide bonds. The molecule has 0 spiro atoms. The van der Waals surface area contributed by atoms with Gasteiger partial charge in [0.25, 0.3) is 5.91 Å². The molecule has 2 N–H and O–H groups in total. The van der Waals surface area contributed by atoms with Crippen LogP contribution in [-0.4, -0.2) is 40.2 Å². The Balaban J connectivity index is 2.86. The van der Waals surface area contributed by atoms with E-state index in [1.165, 1.54) is 0 Å². The van der Waals surface area contributed by atoms with Gasteiger partial charge in [-0.3, -0.25) is 9.48 Å². The Hall–Kier alpha value is -1.36. The summed E-state index contributed by atoms with van der Waals surface area (Å²) >= 11 is 0. The number of nitrogens with zero attached hydrogens (tertiary/aromatic N) is 3. The molecule has 5 heteroatoms. The zero-order valence-electron chi connectivity index (χ0n) is 11.6. The highest BCUT2D eigenvalue weighted by Gasteiger charge is 2.19. The van der Waals surface area contributed by atoms with Crippen LogP contribution in [0, 0.1) is 0 Å². The van der Waals surface area contributed by atoms with Crippen molar-refractivity contribution in [3.63, 3.8) is 0 Å². The Bertz CT molecular complexity index is 386. The van der Waals surface area contributed by atoms with E-state index in [9.17, 15) is 4.79 Å². The Labute approximate surface area is 109 Å². The Morgan fingerprint density at radius 2 is 2.17 bits per heavy atom. The van der Waals surface area contributed by atoms with Gasteiger partial charge in [-0.25, -0.2) is 0 Å². The zero-order chi connectivity index (χ0) is 13.5. The van der Waals surface area contributed by atoms with Gasteiger partial charge in [0.2, 0.25) is 0 Å². The topological polar surface area (TPSA) is 64.2 Å². The second kappa shape index (κ2) is 7.16. The lowest BCUT2D eigenvalue weighted by molar-refractivity contribution is 0.0753. The van der Waals surface area contributed by atoms with E-state index in [-0.39, 0.29) is 5.91 Å². The van der Waals surface area contributed by atoms with E-state index >= 15 is 0 Å². The highest BCUT2D eigenvalue weighted by atomic mass is 16.2. The fourth-order valence-corrected chi connectivity index (χ4v) is 2.01. The molecular formula is C13H24N4O. The van der Waals surface area contributed by atoms with E-state index in [4.69, 9.17) is 5.73 Å². The molecule has 0 atom stereocenters. The van der Waals surface area contributed by atoms with Gasteiger partial charge in [0.15, 0.2) is 0 Å². The molecule has 102 valence electrons. The van der Waals surface area contributed by atoms with E-state index in [0.717, 1.165) is 43.6 Å². The summed E-state index contributed by atoms with van der Waals surface area (Å²) in [6.45, 7) is 6.20. The van der Waals surface area contributed by atoms with Crippen LogP contribution < -0.4 is 5.73 Å². The zero-order valence-corrected chi connectivity index (χ0v) is 11.6. The van der Waals surface area contributed by atoms with E-state index in [2.05, 4.69) is 12.0 Å². The van der Waals surface area contributed by atoms with Gasteiger partial charge in [-0.15, -0.1) is 0 Å². The first-order valence-corrected chi connectivity index (χ1v) is 6.65. The van der Waals surface area contributed by atoms with Crippen molar-refractivity contribution in [2.75, 3.05) is 19.6 Å². The van der Waals surface area contributed by atoms with E-state index < -0.39 is 0 Å². The maximum atomic E-state index is 12.5. The molecule has 0 radical (unpaired) electrons. The van der Waals surface area contributed by atoms with Crippen LogP contribution in [0.1, 0.15) is 42.7 Å². The quantitative estimate of drug-likeness (QED) is 0.792. The number of carbonyl (C=O) groups is 1. The van der Waals surface area contributed by atoms with Crippen LogP contribution in [0.3, 0.4) is 0 Å². The van der Waals surface area contributed by atoms with Gasteiger partial charge in [-0.1, -0.05) is 13.8 Å². The third kappa shape index (κ3) is 3.57.